The number of piperazine rings is 1. The van der Waals surface area contributed by atoms with E-state index in [9.17, 15) is 18.4 Å². The number of rotatable bonds is 7. The molecule has 1 heterocycles. The van der Waals surface area contributed by atoms with Crippen molar-refractivity contribution in [3.63, 3.8) is 0 Å². The highest BCUT2D eigenvalue weighted by Gasteiger charge is 2.29. The minimum atomic E-state index is -2.83. The number of carbonyl (C=O) groups excluding carboxylic acids is 2. The normalized spacial score (nSPS) is 15.6. The maximum Gasteiger partial charge on any atom is 0.387 e. The predicted octanol–water partition coefficient (Wildman–Crippen LogP) is 2.14. The summed E-state index contributed by atoms with van der Waals surface area (Å²) in [6.07, 6.45) is 0.606. The number of halogens is 2. The van der Waals surface area contributed by atoms with Crippen LogP contribution in [0.1, 0.15) is 26.3 Å². The number of nitrogens with one attached hydrogen (secondary N) is 1. The van der Waals surface area contributed by atoms with Crippen LogP contribution in [-0.4, -0.2) is 67.5 Å². The van der Waals surface area contributed by atoms with E-state index in [1.807, 2.05) is 30.6 Å². The fourth-order valence-corrected chi connectivity index (χ4v) is 3.03. The van der Waals surface area contributed by atoms with Crippen LogP contribution in [0.4, 0.5) is 8.78 Å². The average Bonchev–Trinajstić information content (AvgIpc) is 2.62. The lowest BCUT2D eigenvalue weighted by Crippen LogP contribution is -2.53. The van der Waals surface area contributed by atoms with E-state index in [2.05, 4.69) is 10.1 Å². The highest BCUT2D eigenvalue weighted by molar-refractivity contribution is 5.81. The van der Waals surface area contributed by atoms with Crippen LogP contribution in [0.3, 0.4) is 0 Å². The van der Waals surface area contributed by atoms with E-state index in [4.69, 9.17) is 0 Å². The highest BCUT2D eigenvalue weighted by atomic mass is 19.3. The van der Waals surface area contributed by atoms with E-state index in [0.717, 1.165) is 5.56 Å². The van der Waals surface area contributed by atoms with Crippen LogP contribution in [0, 0.1) is 5.41 Å². The van der Waals surface area contributed by atoms with Crippen molar-refractivity contribution in [3.8, 4) is 5.75 Å². The van der Waals surface area contributed by atoms with E-state index in [1.165, 1.54) is 12.1 Å². The van der Waals surface area contributed by atoms with Crippen LogP contribution in [0.25, 0.3) is 0 Å². The van der Waals surface area contributed by atoms with Crippen molar-refractivity contribution < 1.29 is 23.1 Å². The molecule has 8 heteroatoms. The Kier molecular flexibility index (Phi) is 7.74. The molecule has 1 fully saturated rings. The third-order valence-corrected chi connectivity index (χ3v) is 4.55. The summed E-state index contributed by atoms with van der Waals surface area (Å²) in [6.45, 7) is 6.31. The monoisotopic (exact) mass is 397 g/mol. The van der Waals surface area contributed by atoms with Crippen molar-refractivity contribution in [3.05, 3.63) is 29.8 Å². The Morgan fingerprint density at radius 3 is 2.25 bits per heavy atom. The summed E-state index contributed by atoms with van der Waals surface area (Å²) >= 11 is 0. The Bertz CT molecular complexity index is 652. The molecule has 0 aliphatic carbocycles. The lowest BCUT2D eigenvalue weighted by Gasteiger charge is -2.37. The molecule has 0 bridgehead atoms. The minimum absolute atomic E-state index is 0.0618. The first kappa shape index (κ1) is 22.1. The number of hydrogen-bond acceptors (Lipinski definition) is 4. The van der Waals surface area contributed by atoms with Gasteiger partial charge in [-0.1, -0.05) is 32.9 Å². The summed E-state index contributed by atoms with van der Waals surface area (Å²) in [7, 11) is 0. The number of hydrogen-bond donors (Lipinski definition) is 1. The van der Waals surface area contributed by atoms with Gasteiger partial charge in [-0.15, -0.1) is 0 Å². The first-order valence-electron chi connectivity index (χ1n) is 9.47. The summed E-state index contributed by atoms with van der Waals surface area (Å²) in [5.74, 6) is 0.196. The molecule has 0 saturated carbocycles. The van der Waals surface area contributed by atoms with Crippen LogP contribution in [0.5, 0.6) is 5.75 Å². The number of benzene rings is 1. The Morgan fingerprint density at radius 2 is 1.71 bits per heavy atom. The summed E-state index contributed by atoms with van der Waals surface area (Å²) in [6, 6.07) is 6.38. The molecule has 0 unspecified atom stereocenters. The Labute approximate surface area is 164 Å². The molecule has 1 aromatic rings. The van der Waals surface area contributed by atoms with Gasteiger partial charge in [-0.25, -0.2) is 0 Å². The van der Waals surface area contributed by atoms with Gasteiger partial charge >= 0.3 is 6.61 Å². The van der Waals surface area contributed by atoms with Gasteiger partial charge in [0.1, 0.15) is 5.75 Å². The van der Waals surface area contributed by atoms with Crippen molar-refractivity contribution in [2.24, 2.45) is 5.41 Å². The maximum atomic E-state index is 12.3. The van der Waals surface area contributed by atoms with Gasteiger partial charge in [0.2, 0.25) is 11.8 Å². The van der Waals surface area contributed by atoms with Gasteiger partial charge in [0, 0.05) is 38.1 Å². The van der Waals surface area contributed by atoms with E-state index in [1.54, 1.807) is 12.1 Å². The van der Waals surface area contributed by atoms with Gasteiger partial charge in [-0.2, -0.15) is 8.78 Å². The molecule has 1 N–H and O–H groups in total. The Hall–Kier alpha value is -2.22. The molecular weight excluding hydrogens is 368 g/mol. The Morgan fingerprint density at radius 1 is 1.11 bits per heavy atom. The number of carbonyl (C=O) groups is 2. The van der Waals surface area contributed by atoms with Crippen molar-refractivity contribution in [1.29, 1.82) is 0 Å². The first-order valence-corrected chi connectivity index (χ1v) is 9.47. The van der Waals surface area contributed by atoms with Gasteiger partial charge in [-0.05, 0) is 24.1 Å². The van der Waals surface area contributed by atoms with E-state index in [0.29, 0.717) is 45.7 Å². The molecule has 156 valence electrons. The molecule has 0 spiro atoms. The zero-order chi connectivity index (χ0) is 20.7. The van der Waals surface area contributed by atoms with Crippen molar-refractivity contribution in [1.82, 2.24) is 15.1 Å². The molecule has 1 aliphatic rings. The van der Waals surface area contributed by atoms with Gasteiger partial charge in [-0.3, -0.25) is 14.5 Å². The molecule has 1 aliphatic heterocycles. The smallest absolute Gasteiger partial charge is 0.387 e. The lowest BCUT2D eigenvalue weighted by molar-refractivity contribution is -0.141. The SMILES string of the molecule is CC(C)(C)C(=O)N1CCN(CC(=O)NCCc2ccc(OC(F)F)cc2)CC1. The zero-order valence-electron chi connectivity index (χ0n) is 16.7. The van der Waals surface area contributed by atoms with Crippen LogP contribution >= 0.6 is 0 Å². The van der Waals surface area contributed by atoms with Crippen molar-refractivity contribution >= 4 is 11.8 Å². The predicted molar refractivity (Wildman–Crippen MR) is 102 cm³/mol. The number of ether oxygens (including phenoxy) is 1. The molecule has 1 aromatic carbocycles. The van der Waals surface area contributed by atoms with Crippen LogP contribution in [-0.2, 0) is 16.0 Å². The Balaban J connectivity index is 1.66. The largest absolute Gasteiger partial charge is 0.435 e. The third-order valence-electron chi connectivity index (χ3n) is 4.55. The van der Waals surface area contributed by atoms with Gasteiger partial charge < -0.3 is 15.0 Å². The summed E-state index contributed by atoms with van der Waals surface area (Å²) in [5, 5.41) is 2.87. The standard InChI is InChI=1S/C20H29F2N3O3/c1-20(2,3)18(27)25-12-10-24(11-13-25)14-17(26)23-9-8-15-4-6-16(7-5-15)28-19(21)22/h4-7,19H,8-14H2,1-3H3,(H,23,26). The second kappa shape index (κ2) is 9.82. The third kappa shape index (κ3) is 7.07. The second-order valence-corrected chi connectivity index (χ2v) is 7.94. The quantitative estimate of drug-likeness (QED) is 0.766. The molecule has 0 aromatic heterocycles. The topological polar surface area (TPSA) is 61.9 Å². The van der Waals surface area contributed by atoms with Crippen LogP contribution < -0.4 is 10.1 Å². The molecular formula is C20H29F2N3O3. The van der Waals surface area contributed by atoms with E-state index < -0.39 is 6.61 Å². The molecule has 6 nitrogen and oxygen atoms in total. The highest BCUT2D eigenvalue weighted by Crippen LogP contribution is 2.18. The van der Waals surface area contributed by atoms with E-state index >= 15 is 0 Å². The average molecular weight is 397 g/mol. The summed E-state index contributed by atoms with van der Waals surface area (Å²) in [4.78, 5) is 28.3. The van der Waals surface area contributed by atoms with Gasteiger partial charge in [0.05, 0.1) is 6.54 Å². The zero-order valence-corrected chi connectivity index (χ0v) is 16.7. The molecule has 0 radical (unpaired) electrons. The fraction of sp³-hybridized carbons (Fsp3) is 0.600. The molecule has 2 rings (SSSR count). The number of nitrogens with zero attached hydrogens (tertiary/aromatic N) is 2. The first-order chi connectivity index (χ1) is 13.1. The van der Waals surface area contributed by atoms with Crippen molar-refractivity contribution in [2.75, 3.05) is 39.3 Å². The number of amides is 2. The molecule has 2 amide bonds. The second-order valence-electron chi connectivity index (χ2n) is 7.94. The number of alkyl halides is 2. The van der Waals surface area contributed by atoms with E-state index in [-0.39, 0.29) is 23.0 Å². The summed E-state index contributed by atoms with van der Waals surface area (Å²) < 4.78 is 28.6. The van der Waals surface area contributed by atoms with Gasteiger partial charge in [0.25, 0.3) is 0 Å². The summed E-state index contributed by atoms with van der Waals surface area (Å²) in [5.41, 5.74) is 0.541. The lowest BCUT2D eigenvalue weighted by atomic mass is 9.94. The van der Waals surface area contributed by atoms with Gasteiger partial charge in [0.15, 0.2) is 0 Å². The minimum Gasteiger partial charge on any atom is -0.435 e. The molecule has 1 saturated heterocycles. The molecule has 28 heavy (non-hydrogen) atoms. The maximum absolute atomic E-state index is 12.3. The fourth-order valence-electron chi connectivity index (χ4n) is 3.03. The van der Waals surface area contributed by atoms with Crippen LogP contribution in [0.2, 0.25) is 0 Å². The van der Waals surface area contributed by atoms with Crippen molar-refractivity contribution in [2.45, 2.75) is 33.8 Å². The van der Waals surface area contributed by atoms with Crippen LogP contribution in [0.15, 0.2) is 24.3 Å². The molecule has 0 atom stereocenters.